The number of carbonyl (C=O) groups excluding carboxylic acids is 1. The molecule has 1 heterocycles. The van der Waals surface area contributed by atoms with E-state index in [9.17, 15) is 4.79 Å². The Kier molecular flexibility index (Phi) is 8.07. The summed E-state index contributed by atoms with van der Waals surface area (Å²) in [5.74, 6) is 0.894. The van der Waals surface area contributed by atoms with Gasteiger partial charge in [-0.1, -0.05) is 78.9 Å². The number of amides is 1. The van der Waals surface area contributed by atoms with Crippen LogP contribution in [-0.4, -0.2) is 16.9 Å². The number of hydrogen-bond donors (Lipinski definition) is 1. The smallest absolute Gasteiger partial charge is 0.221 e. The minimum atomic E-state index is 0.0278. The fourth-order valence-corrected chi connectivity index (χ4v) is 4.09. The first-order valence-corrected chi connectivity index (χ1v) is 11.7. The molecule has 1 amide bonds. The molecule has 0 aliphatic heterocycles. The van der Waals surface area contributed by atoms with Crippen molar-refractivity contribution in [2.45, 2.75) is 38.3 Å². The SMILES string of the molecule is CC(Cc1ccc(OCc2ccccn2)cc1)NC(=O)CC(c1ccccc1)c1ccccc1. The van der Waals surface area contributed by atoms with Crippen molar-refractivity contribution in [2.24, 2.45) is 0 Å². The highest BCUT2D eigenvalue weighted by Gasteiger charge is 2.19. The maximum Gasteiger partial charge on any atom is 0.221 e. The Hall–Kier alpha value is -3.92. The predicted octanol–water partition coefficient (Wildman–Crippen LogP) is 5.93. The van der Waals surface area contributed by atoms with Gasteiger partial charge in [-0.2, -0.15) is 0 Å². The summed E-state index contributed by atoms with van der Waals surface area (Å²) >= 11 is 0. The molecule has 1 N–H and O–H groups in total. The van der Waals surface area contributed by atoms with E-state index in [-0.39, 0.29) is 17.9 Å². The van der Waals surface area contributed by atoms with E-state index in [2.05, 4.69) is 34.6 Å². The standard InChI is InChI=1S/C30H30N2O2/c1-23(20-24-15-17-28(18-16-24)34-22-27-14-8-9-19-31-27)32-30(33)21-29(25-10-4-2-5-11-25)26-12-6-3-7-13-26/h2-19,23,29H,20-22H2,1H3,(H,32,33). The van der Waals surface area contributed by atoms with Gasteiger partial charge in [-0.25, -0.2) is 0 Å². The molecule has 4 nitrogen and oxygen atoms in total. The monoisotopic (exact) mass is 450 g/mol. The van der Waals surface area contributed by atoms with Crippen molar-refractivity contribution in [2.75, 3.05) is 0 Å². The summed E-state index contributed by atoms with van der Waals surface area (Å²) in [5, 5.41) is 3.18. The molecule has 0 fully saturated rings. The van der Waals surface area contributed by atoms with Crippen molar-refractivity contribution in [1.82, 2.24) is 10.3 Å². The van der Waals surface area contributed by atoms with Gasteiger partial charge < -0.3 is 10.1 Å². The average Bonchev–Trinajstić information content (AvgIpc) is 2.88. The molecule has 1 aromatic heterocycles. The maximum atomic E-state index is 12.9. The molecule has 0 spiro atoms. The van der Waals surface area contributed by atoms with Crippen molar-refractivity contribution in [3.05, 3.63) is 132 Å². The van der Waals surface area contributed by atoms with Gasteiger partial charge in [-0.3, -0.25) is 9.78 Å². The lowest BCUT2D eigenvalue weighted by atomic mass is 9.88. The Morgan fingerprint density at radius 2 is 1.44 bits per heavy atom. The summed E-state index contributed by atoms with van der Waals surface area (Å²) < 4.78 is 5.81. The lowest BCUT2D eigenvalue weighted by Gasteiger charge is -2.20. The average molecular weight is 451 g/mol. The predicted molar refractivity (Wildman–Crippen MR) is 136 cm³/mol. The molecular formula is C30H30N2O2. The van der Waals surface area contributed by atoms with Gasteiger partial charge in [0.2, 0.25) is 5.91 Å². The molecule has 0 aliphatic carbocycles. The van der Waals surface area contributed by atoms with Crippen molar-refractivity contribution < 1.29 is 9.53 Å². The highest BCUT2D eigenvalue weighted by atomic mass is 16.5. The molecule has 0 radical (unpaired) electrons. The first-order chi connectivity index (χ1) is 16.7. The maximum absolute atomic E-state index is 12.9. The summed E-state index contributed by atoms with van der Waals surface area (Å²) in [5.41, 5.74) is 4.35. The van der Waals surface area contributed by atoms with Gasteiger partial charge in [-0.15, -0.1) is 0 Å². The van der Waals surface area contributed by atoms with Crippen LogP contribution in [0.5, 0.6) is 5.75 Å². The van der Waals surface area contributed by atoms with Crippen LogP contribution in [0.4, 0.5) is 0 Å². The van der Waals surface area contributed by atoms with Crippen LogP contribution in [0.3, 0.4) is 0 Å². The molecule has 172 valence electrons. The van der Waals surface area contributed by atoms with E-state index >= 15 is 0 Å². The van der Waals surface area contributed by atoms with Crippen LogP contribution in [0.15, 0.2) is 109 Å². The molecule has 0 bridgehead atoms. The zero-order valence-corrected chi connectivity index (χ0v) is 19.4. The van der Waals surface area contributed by atoms with E-state index < -0.39 is 0 Å². The van der Waals surface area contributed by atoms with Crippen molar-refractivity contribution in [3.63, 3.8) is 0 Å². The zero-order chi connectivity index (χ0) is 23.6. The van der Waals surface area contributed by atoms with Crippen LogP contribution < -0.4 is 10.1 Å². The van der Waals surface area contributed by atoms with Gasteiger partial charge in [-0.05, 0) is 54.3 Å². The first kappa shape index (κ1) is 23.2. The summed E-state index contributed by atoms with van der Waals surface area (Å²) in [6.07, 6.45) is 2.94. The first-order valence-electron chi connectivity index (χ1n) is 11.7. The number of nitrogens with zero attached hydrogens (tertiary/aromatic N) is 1. The Balaban J connectivity index is 1.31. The molecule has 4 heteroatoms. The molecule has 3 aromatic carbocycles. The molecule has 4 aromatic rings. The van der Waals surface area contributed by atoms with Crippen LogP contribution >= 0.6 is 0 Å². The third-order valence-electron chi connectivity index (χ3n) is 5.78. The number of nitrogens with one attached hydrogen (secondary N) is 1. The zero-order valence-electron chi connectivity index (χ0n) is 19.4. The number of pyridine rings is 1. The fourth-order valence-electron chi connectivity index (χ4n) is 4.09. The van der Waals surface area contributed by atoms with Gasteiger partial charge in [0.25, 0.3) is 0 Å². The fraction of sp³-hybridized carbons (Fsp3) is 0.200. The molecule has 4 rings (SSSR count). The van der Waals surface area contributed by atoms with Gasteiger partial charge in [0.05, 0.1) is 5.69 Å². The number of benzene rings is 3. The Morgan fingerprint density at radius 3 is 2.03 bits per heavy atom. The van der Waals surface area contributed by atoms with E-state index in [0.717, 1.165) is 34.6 Å². The molecule has 0 saturated carbocycles. The van der Waals surface area contributed by atoms with Crippen molar-refractivity contribution in [1.29, 1.82) is 0 Å². The Labute approximate surface area is 201 Å². The number of ether oxygens (including phenoxy) is 1. The third kappa shape index (κ3) is 6.79. The normalized spacial score (nSPS) is 11.7. The number of carbonyl (C=O) groups is 1. The van der Waals surface area contributed by atoms with Crippen molar-refractivity contribution >= 4 is 5.91 Å². The molecular weight excluding hydrogens is 420 g/mol. The quantitative estimate of drug-likeness (QED) is 0.326. The van der Waals surface area contributed by atoms with Crippen LogP contribution in [0.25, 0.3) is 0 Å². The largest absolute Gasteiger partial charge is 0.487 e. The van der Waals surface area contributed by atoms with Crippen LogP contribution in [0.1, 0.15) is 41.6 Å². The van der Waals surface area contributed by atoms with Gasteiger partial charge in [0.1, 0.15) is 12.4 Å². The summed E-state index contributed by atoms with van der Waals surface area (Å²) in [4.78, 5) is 17.2. The van der Waals surface area contributed by atoms with E-state index in [1.165, 1.54) is 0 Å². The number of aromatic nitrogens is 1. The molecule has 0 aliphatic rings. The lowest BCUT2D eigenvalue weighted by molar-refractivity contribution is -0.121. The summed E-state index contributed by atoms with van der Waals surface area (Å²) in [6, 6.07) is 34.3. The van der Waals surface area contributed by atoms with E-state index in [1.807, 2.05) is 85.8 Å². The van der Waals surface area contributed by atoms with Crippen LogP contribution in [0, 0.1) is 0 Å². The molecule has 1 atom stereocenters. The Morgan fingerprint density at radius 1 is 0.824 bits per heavy atom. The lowest BCUT2D eigenvalue weighted by Crippen LogP contribution is -2.35. The van der Waals surface area contributed by atoms with E-state index in [4.69, 9.17) is 4.74 Å². The Bertz CT molecular complexity index is 1110. The van der Waals surface area contributed by atoms with Crippen LogP contribution in [0.2, 0.25) is 0 Å². The minimum absolute atomic E-state index is 0.0278. The second kappa shape index (κ2) is 11.8. The molecule has 34 heavy (non-hydrogen) atoms. The highest BCUT2D eigenvalue weighted by Crippen LogP contribution is 2.27. The second-order valence-electron chi connectivity index (χ2n) is 8.50. The highest BCUT2D eigenvalue weighted by molar-refractivity contribution is 5.78. The molecule has 0 saturated heterocycles. The van der Waals surface area contributed by atoms with E-state index in [0.29, 0.717) is 13.0 Å². The number of hydrogen-bond acceptors (Lipinski definition) is 3. The minimum Gasteiger partial charge on any atom is -0.487 e. The van der Waals surface area contributed by atoms with Gasteiger partial charge in [0.15, 0.2) is 0 Å². The third-order valence-corrected chi connectivity index (χ3v) is 5.78. The van der Waals surface area contributed by atoms with Crippen LogP contribution in [-0.2, 0) is 17.8 Å². The second-order valence-corrected chi connectivity index (χ2v) is 8.50. The van der Waals surface area contributed by atoms with E-state index in [1.54, 1.807) is 6.20 Å². The molecule has 1 unspecified atom stereocenters. The summed E-state index contributed by atoms with van der Waals surface area (Å²) in [6.45, 7) is 2.49. The summed E-state index contributed by atoms with van der Waals surface area (Å²) in [7, 11) is 0. The van der Waals surface area contributed by atoms with Gasteiger partial charge in [0, 0.05) is 24.6 Å². The van der Waals surface area contributed by atoms with Gasteiger partial charge >= 0.3 is 0 Å². The van der Waals surface area contributed by atoms with Crippen molar-refractivity contribution in [3.8, 4) is 5.75 Å². The topological polar surface area (TPSA) is 51.2 Å². The number of rotatable bonds is 10.